The highest BCUT2D eigenvalue weighted by atomic mass is 32.1. The van der Waals surface area contributed by atoms with Crippen molar-refractivity contribution in [2.45, 2.75) is 44.7 Å². The Bertz CT molecular complexity index is 1770. The van der Waals surface area contributed by atoms with Crippen LogP contribution in [0.2, 0.25) is 0 Å². The fourth-order valence-corrected chi connectivity index (χ4v) is 6.03. The van der Waals surface area contributed by atoms with E-state index < -0.39 is 11.3 Å². The SMILES string of the molecule is Cc1csc([C@H]2CCCN2C(=O)c2cc(-c3nnc([C@@](C)(N)Cc4ccccc4)o3)cc(-c3nn(C)c(=O)o3)c2)n1. The standard InChI is InChI=1S/C29H29N7O4S/c1-17-16-41-25(31-17)22-10-7-11-36(22)26(37)21-13-19(12-20(14-21)24-34-35(3)28(38)40-24)23-32-33-27(39-23)29(2,30)15-18-8-5-4-6-9-18/h4-6,8-9,12-14,16,22H,7,10-11,15,30H2,1-3H3/t22-,29+/m1/s1. The lowest BCUT2D eigenvalue weighted by atomic mass is 9.94. The molecule has 210 valence electrons. The van der Waals surface area contributed by atoms with Gasteiger partial charge in [0.2, 0.25) is 17.7 Å². The summed E-state index contributed by atoms with van der Waals surface area (Å²) in [6, 6.07) is 14.8. The van der Waals surface area contributed by atoms with Gasteiger partial charge in [0.1, 0.15) is 5.01 Å². The first-order valence-corrected chi connectivity index (χ1v) is 14.2. The molecule has 0 aliphatic carbocycles. The fraction of sp³-hybridized carbons (Fsp3) is 0.310. The van der Waals surface area contributed by atoms with E-state index in [0.717, 1.165) is 33.8 Å². The summed E-state index contributed by atoms with van der Waals surface area (Å²) >= 11 is 1.56. The van der Waals surface area contributed by atoms with E-state index >= 15 is 0 Å². The predicted octanol–water partition coefficient (Wildman–Crippen LogP) is 4.25. The number of carbonyl (C=O) groups excluding carboxylic acids is 1. The molecule has 2 atom stereocenters. The first kappa shape index (κ1) is 26.8. The minimum Gasteiger partial charge on any atom is -0.419 e. The number of likely N-dealkylation sites (tertiary alicyclic amines) is 1. The number of hydrogen-bond acceptors (Lipinski definition) is 10. The van der Waals surface area contributed by atoms with Crippen molar-refractivity contribution in [2.75, 3.05) is 6.54 Å². The molecule has 1 aliphatic heterocycles. The summed E-state index contributed by atoms with van der Waals surface area (Å²) in [5.74, 6) is -0.259. The number of carbonyl (C=O) groups is 1. The van der Waals surface area contributed by atoms with Gasteiger partial charge in [-0.15, -0.1) is 26.6 Å². The minimum absolute atomic E-state index is 0.0781. The molecular weight excluding hydrogens is 542 g/mol. The fourth-order valence-electron chi connectivity index (χ4n) is 5.08. The Morgan fingerprint density at radius 2 is 1.88 bits per heavy atom. The highest BCUT2D eigenvalue weighted by Gasteiger charge is 2.34. The van der Waals surface area contributed by atoms with Gasteiger partial charge < -0.3 is 19.5 Å². The molecule has 12 heteroatoms. The lowest BCUT2D eigenvalue weighted by Crippen LogP contribution is -2.35. The molecule has 1 aliphatic rings. The number of amides is 1. The molecule has 2 N–H and O–H groups in total. The van der Waals surface area contributed by atoms with Crippen molar-refractivity contribution in [3.8, 4) is 22.9 Å². The Morgan fingerprint density at radius 3 is 2.56 bits per heavy atom. The lowest BCUT2D eigenvalue weighted by Gasteiger charge is -2.23. The zero-order valence-electron chi connectivity index (χ0n) is 22.9. The van der Waals surface area contributed by atoms with Crippen LogP contribution in [0.1, 0.15) is 58.3 Å². The molecule has 41 heavy (non-hydrogen) atoms. The first-order chi connectivity index (χ1) is 19.7. The third kappa shape index (κ3) is 5.35. The monoisotopic (exact) mass is 571 g/mol. The van der Waals surface area contributed by atoms with Crippen molar-refractivity contribution in [2.24, 2.45) is 12.8 Å². The summed E-state index contributed by atoms with van der Waals surface area (Å²) in [7, 11) is 1.50. The zero-order chi connectivity index (χ0) is 28.7. The van der Waals surface area contributed by atoms with E-state index in [2.05, 4.69) is 20.3 Å². The first-order valence-electron chi connectivity index (χ1n) is 13.3. The van der Waals surface area contributed by atoms with Crippen LogP contribution >= 0.6 is 11.3 Å². The molecule has 1 saturated heterocycles. The van der Waals surface area contributed by atoms with Crippen LogP contribution in [-0.4, -0.2) is 42.3 Å². The molecule has 0 unspecified atom stereocenters. The number of benzene rings is 2. The molecule has 2 aromatic carbocycles. The van der Waals surface area contributed by atoms with Crippen LogP contribution in [0.15, 0.2) is 67.5 Å². The Hall–Kier alpha value is -4.42. The van der Waals surface area contributed by atoms with Gasteiger partial charge in [-0.2, -0.15) is 4.68 Å². The van der Waals surface area contributed by atoms with Crippen molar-refractivity contribution >= 4 is 17.2 Å². The molecular formula is C29H29N7O4S. The second-order valence-electron chi connectivity index (χ2n) is 10.6. The largest absolute Gasteiger partial charge is 0.437 e. The van der Waals surface area contributed by atoms with E-state index in [4.69, 9.17) is 14.6 Å². The van der Waals surface area contributed by atoms with E-state index in [1.165, 1.54) is 7.05 Å². The molecule has 11 nitrogen and oxygen atoms in total. The van der Waals surface area contributed by atoms with Gasteiger partial charge in [-0.25, -0.2) is 9.78 Å². The molecule has 3 aromatic heterocycles. The topological polar surface area (TPSA) is 146 Å². The van der Waals surface area contributed by atoms with Gasteiger partial charge in [0.25, 0.3) is 5.91 Å². The molecule has 1 fully saturated rings. The van der Waals surface area contributed by atoms with Crippen molar-refractivity contribution in [3.63, 3.8) is 0 Å². The van der Waals surface area contributed by atoms with Gasteiger partial charge in [0.15, 0.2) is 0 Å². The summed E-state index contributed by atoms with van der Waals surface area (Å²) in [6.45, 7) is 4.39. The van der Waals surface area contributed by atoms with E-state index in [1.54, 1.807) is 29.5 Å². The van der Waals surface area contributed by atoms with Gasteiger partial charge in [0.05, 0.1) is 11.6 Å². The summed E-state index contributed by atoms with van der Waals surface area (Å²) in [6.07, 6.45) is 2.20. The number of nitrogens with zero attached hydrogens (tertiary/aromatic N) is 6. The molecule has 6 rings (SSSR count). The summed E-state index contributed by atoms with van der Waals surface area (Å²) < 4.78 is 12.5. The summed E-state index contributed by atoms with van der Waals surface area (Å²) in [4.78, 5) is 32.5. The average Bonchev–Trinajstić information content (AvgIpc) is 3.76. The Labute approximate surface area is 239 Å². The highest BCUT2D eigenvalue weighted by molar-refractivity contribution is 7.09. The lowest BCUT2D eigenvalue weighted by molar-refractivity contribution is 0.0735. The van der Waals surface area contributed by atoms with E-state index in [0.29, 0.717) is 29.7 Å². The smallest absolute Gasteiger partial charge is 0.419 e. The van der Waals surface area contributed by atoms with Crippen LogP contribution in [0.4, 0.5) is 0 Å². The van der Waals surface area contributed by atoms with E-state index in [-0.39, 0.29) is 29.6 Å². The van der Waals surface area contributed by atoms with Crippen LogP contribution in [0.25, 0.3) is 22.9 Å². The summed E-state index contributed by atoms with van der Waals surface area (Å²) in [5.41, 5.74) is 8.95. The molecule has 0 spiro atoms. The van der Waals surface area contributed by atoms with Crippen LogP contribution < -0.4 is 11.5 Å². The van der Waals surface area contributed by atoms with Gasteiger partial charge in [-0.3, -0.25) is 4.79 Å². The zero-order valence-corrected chi connectivity index (χ0v) is 23.7. The maximum Gasteiger partial charge on any atom is 0.437 e. The predicted molar refractivity (Wildman–Crippen MR) is 152 cm³/mol. The number of rotatable bonds is 7. The van der Waals surface area contributed by atoms with Crippen LogP contribution in [0, 0.1) is 6.92 Å². The third-order valence-electron chi connectivity index (χ3n) is 7.13. The number of aromatic nitrogens is 5. The van der Waals surface area contributed by atoms with Crippen LogP contribution in [0.3, 0.4) is 0 Å². The second kappa shape index (κ2) is 10.5. The molecule has 0 saturated carbocycles. The number of thiazole rings is 1. The Balaban J connectivity index is 1.38. The Morgan fingerprint density at radius 1 is 1.12 bits per heavy atom. The maximum absolute atomic E-state index is 13.9. The van der Waals surface area contributed by atoms with Gasteiger partial charge in [-0.05, 0) is 56.9 Å². The molecule has 0 bridgehead atoms. The highest BCUT2D eigenvalue weighted by Crippen LogP contribution is 2.36. The molecule has 5 aromatic rings. The van der Waals surface area contributed by atoms with Crippen LogP contribution in [0.5, 0.6) is 0 Å². The summed E-state index contributed by atoms with van der Waals surface area (Å²) in [5, 5.41) is 15.6. The van der Waals surface area contributed by atoms with Gasteiger partial charge in [-0.1, -0.05) is 30.3 Å². The second-order valence-corrected chi connectivity index (χ2v) is 11.5. The van der Waals surface area contributed by atoms with E-state index in [1.807, 2.05) is 54.5 Å². The Kier molecular flexibility index (Phi) is 6.88. The van der Waals surface area contributed by atoms with Crippen LogP contribution in [-0.2, 0) is 19.0 Å². The number of aryl methyl sites for hydroxylation is 2. The molecule has 1 amide bonds. The van der Waals surface area contributed by atoms with Crippen molar-refractivity contribution in [3.05, 3.63) is 92.2 Å². The normalized spacial score (nSPS) is 16.7. The van der Waals surface area contributed by atoms with Crippen molar-refractivity contribution in [1.29, 1.82) is 0 Å². The minimum atomic E-state index is -0.925. The number of nitrogens with two attached hydrogens (primary N) is 1. The number of hydrogen-bond donors (Lipinski definition) is 1. The van der Waals surface area contributed by atoms with Gasteiger partial charge in [0, 0.05) is 41.4 Å². The van der Waals surface area contributed by atoms with Crippen molar-refractivity contribution in [1.82, 2.24) is 29.9 Å². The molecule has 4 heterocycles. The maximum atomic E-state index is 13.9. The average molecular weight is 572 g/mol. The third-order valence-corrected chi connectivity index (χ3v) is 8.19. The van der Waals surface area contributed by atoms with Crippen molar-refractivity contribution < 1.29 is 13.6 Å². The molecule has 0 radical (unpaired) electrons. The quantitative estimate of drug-likeness (QED) is 0.303. The van der Waals surface area contributed by atoms with Gasteiger partial charge >= 0.3 is 5.76 Å². The van der Waals surface area contributed by atoms with E-state index in [9.17, 15) is 9.59 Å².